The van der Waals surface area contributed by atoms with E-state index in [9.17, 15) is 4.39 Å². The molecule has 0 aliphatic heterocycles. The van der Waals surface area contributed by atoms with Crippen molar-refractivity contribution in [1.82, 2.24) is 4.98 Å². The van der Waals surface area contributed by atoms with Gasteiger partial charge in [-0.05, 0) is 26.0 Å². The van der Waals surface area contributed by atoms with E-state index in [0.29, 0.717) is 5.69 Å². The monoisotopic (exact) mass is 261 g/mol. The van der Waals surface area contributed by atoms with Gasteiger partial charge in [-0.15, -0.1) is 11.3 Å². The van der Waals surface area contributed by atoms with Crippen LogP contribution in [0.15, 0.2) is 29.8 Å². The molecule has 0 bridgehead atoms. The van der Waals surface area contributed by atoms with Crippen molar-refractivity contribution in [1.29, 1.82) is 5.26 Å². The smallest absolute Gasteiger partial charge is 0.143 e. The lowest BCUT2D eigenvalue weighted by molar-refractivity contribution is 0.597. The second kappa shape index (κ2) is 4.75. The van der Waals surface area contributed by atoms with Crippen LogP contribution in [0.25, 0.3) is 0 Å². The van der Waals surface area contributed by atoms with Gasteiger partial charge in [0.25, 0.3) is 0 Å². The molecule has 1 aromatic carbocycles. The summed E-state index contributed by atoms with van der Waals surface area (Å²) in [5.74, 6) is -0.516. The summed E-state index contributed by atoms with van der Waals surface area (Å²) >= 11 is 1.52. The van der Waals surface area contributed by atoms with Crippen molar-refractivity contribution in [3.8, 4) is 6.07 Å². The summed E-state index contributed by atoms with van der Waals surface area (Å²) in [7, 11) is 0. The van der Waals surface area contributed by atoms with Gasteiger partial charge in [0.05, 0.1) is 11.2 Å². The summed E-state index contributed by atoms with van der Waals surface area (Å²) in [6.07, 6.45) is 1.72. The zero-order chi connectivity index (χ0) is 13.2. The van der Waals surface area contributed by atoms with Crippen LogP contribution in [-0.2, 0) is 5.54 Å². The zero-order valence-corrected chi connectivity index (χ0v) is 10.9. The van der Waals surface area contributed by atoms with Gasteiger partial charge in [0.1, 0.15) is 22.5 Å². The first kappa shape index (κ1) is 12.5. The van der Waals surface area contributed by atoms with Crippen molar-refractivity contribution in [3.05, 3.63) is 46.2 Å². The van der Waals surface area contributed by atoms with E-state index < -0.39 is 11.4 Å². The second-order valence-corrected chi connectivity index (χ2v) is 5.26. The van der Waals surface area contributed by atoms with Crippen molar-refractivity contribution in [2.24, 2.45) is 0 Å². The maximum atomic E-state index is 13.5. The summed E-state index contributed by atoms with van der Waals surface area (Å²) in [6.45, 7) is 3.88. The number of hydrogen-bond acceptors (Lipinski definition) is 4. The highest BCUT2D eigenvalue weighted by atomic mass is 32.1. The van der Waals surface area contributed by atoms with Crippen molar-refractivity contribution in [2.45, 2.75) is 19.4 Å². The Hall–Kier alpha value is -1.93. The molecule has 1 heterocycles. The normalized spacial score (nSPS) is 11.0. The Morgan fingerprint density at radius 1 is 1.44 bits per heavy atom. The van der Waals surface area contributed by atoms with Gasteiger partial charge in [-0.25, -0.2) is 9.37 Å². The van der Waals surface area contributed by atoms with Crippen molar-refractivity contribution in [3.63, 3.8) is 0 Å². The van der Waals surface area contributed by atoms with E-state index >= 15 is 0 Å². The fourth-order valence-corrected chi connectivity index (χ4v) is 2.38. The van der Waals surface area contributed by atoms with E-state index in [0.717, 1.165) is 5.01 Å². The molecule has 92 valence electrons. The number of nitriles is 1. The number of halogens is 1. The van der Waals surface area contributed by atoms with Crippen LogP contribution in [0.3, 0.4) is 0 Å². The second-order valence-electron chi connectivity index (χ2n) is 4.36. The van der Waals surface area contributed by atoms with Crippen LogP contribution in [0.2, 0.25) is 0 Å². The third-order valence-electron chi connectivity index (χ3n) is 2.54. The Bertz CT molecular complexity index is 585. The molecule has 5 heteroatoms. The highest BCUT2D eigenvalue weighted by Gasteiger charge is 2.24. The molecule has 2 rings (SSSR count). The molecule has 0 aliphatic rings. The van der Waals surface area contributed by atoms with E-state index in [2.05, 4.69) is 10.3 Å². The molecule has 0 spiro atoms. The predicted molar refractivity (Wildman–Crippen MR) is 69.9 cm³/mol. The van der Waals surface area contributed by atoms with Crippen LogP contribution in [0.4, 0.5) is 10.1 Å². The summed E-state index contributed by atoms with van der Waals surface area (Å²) in [5, 5.41) is 14.9. The minimum Gasteiger partial charge on any atom is -0.373 e. The number of aromatic nitrogens is 1. The number of benzene rings is 1. The fraction of sp³-hybridized carbons (Fsp3) is 0.231. The van der Waals surface area contributed by atoms with Crippen LogP contribution < -0.4 is 5.32 Å². The lowest BCUT2D eigenvalue weighted by Crippen LogP contribution is -2.28. The average molecular weight is 261 g/mol. The van der Waals surface area contributed by atoms with Gasteiger partial charge in [-0.1, -0.05) is 6.07 Å². The fourth-order valence-electron chi connectivity index (χ4n) is 1.66. The van der Waals surface area contributed by atoms with Gasteiger partial charge >= 0.3 is 0 Å². The minimum atomic E-state index is -0.516. The number of nitrogens with one attached hydrogen (secondary N) is 1. The van der Waals surface area contributed by atoms with E-state index in [1.54, 1.807) is 18.3 Å². The SMILES string of the molecule is CC(C)(Nc1cccc(F)c1C#N)c1nccs1. The first-order valence-corrected chi connectivity index (χ1v) is 6.29. The summed E-state index contributed by atoms with van der Waals surface area (Å²) < 4.78 is 13.5. The topological polar surface area (TPSA) is 48.7 Å². The standard InChI is InChI=1S/C13H12FN3S/c1-13(2,12-16-6-7-18-12)17-11-5-3-4-10(14)9(11)8-15/h3-7,17H,1-2H3. The molecule has 0 saturated carbocycles. The number of thiazole rings is 1. The van der Waals surface area contributed by atoms with Crippen LogP contribution in [-0.4, -0.2) is 4.98 Å². The molecule has 0 amide bonds. The maximum Gasteiger partial charge on any atom is 0.143 e. The van der Waals surface area contributed by atoms with Crippen LogP contribution >= 0.6 is 11.3 Å². The van der Waals surface area contributed by atoms with E-state index in [4.69, 9.17) is 5.26 Å². The molecule has 3 nitrogen and oxygen atoms in total. The lowest BCUT2D eigenvalue weighted by atomic mass is 10.0. The maximum absolute atomic E-state index is 13.5. The molecule has 0 fully saturated rings. The number of hydrogen-bond donors (Lipinski definition) is 1. The third-order valence-corrected chi connectivity index (χ3v) is 3.64. The first-order chi connectivity index (χ1) is 8.54. The van der Waals surface area contributed by atoms with Crippen molar-refractivity contribution in [2.75, 3.05) is 5.32 Å². The predicted octanol–water partition coefficient (Wildman–Crippen LogP) is 3.50. The van der Waals surface area contributed by atoms with E-state index in [1.165, 1.54) is 17.4 Å². The zero-order valence-electron chi connectivity index (χ0n) is 10.1. The number of anilines is 1. The quantitative estimate of drug-likeness (QED) is 0.919. The van der Waals surface area contributed by atoms with E-state index in [-0.39, 0.29) is 5.56 Å². The molecule has 0 radical (unpaired) electrons. The number of nitrogens with zero attached hydrogens (tertiary/aromatic N) is 2. The largest absolute Gasteiger partial charge is 0.373 e. The highest BCUT2D eigenvalue weighted by Crippen LogP contribution is 2.29. The van der Waals surface area contributed by atoms with Crippen LogP contribution in [0, 0.1) is 17.1 Å². The molecule has 1 aromatic heterocycles. The Labute approximate surface area is 109 Å². The van der Waals surface area contributed by atoms with Crippen molar-refractivity contribution >= 4 is 17.0 Å². The molecule has 0 saturated heterocycles. The summed E-state index contributed by atoms with van der Waals surface area (Å²) in [6, 6.07) is 6.43. The highest BCUT2D eigenvalue weighted by molar-refractivity contribution is 7.09. The van der Waals surface area contributed by atoms with Gasteiger partial charge in [-0.2, -0.15) is 5.26 Å². The van der Waals surface area contributed by atoms with Crippen LogP contribution in [0.1, 0.15) is 24.4 Å². The molecule has 2 aromatic rings. The van der Waals surface area contributed by atoms with Gasteiger partial charge in [0, 0.05) is 11.6 Å². The minimum absolute atomic E-state index is 0.0298. The Morgan fingerprint density at radius 2 is 2.22 bits per heavy atom. The Balaban J connectivity index is 2.36. The average Bonchev–Trinajstić information content (AvgIpc) is 2.83. The third kappa shape index (κ3) is 2.34. The Morgan fingerprint density at radius 3 is 2.83 bits per heavy atom. The van der Waals surface area contributed by atoms with Crippen molar-refractivity contribution < 1.29 is 4.39 Å². The molecular weight excluding hydrogens is 249 g/mol. The summed E-state index contributed by atoms with van der Waals surface area (Å²) in [5.41, 5.74) is 0.0629. The Kier molecular flexibility index (Phi) is 3.30. The molecule has 0 aliphatic carbocycles. The molecule has 0 unspecified atom stereocenters. The molecule has 1 N–H and O–H groups in total. The number of rotatable bonds is 3. The van der Waals surface area contributed by atoms with Gasteiger partial charge in [0.2, 0.25) is 0 Å². The van der Waals surface area contributed by atoms with Crippen LogP contribution in [0.5, 0.6) is 0 Å². The van der Waals surface area contributed by atoms with Gasteiger partial charge in [0.15, 0.2) is 0 Å². The lowest BCUT2D eigenvalue weighted by Gasteiger charge is -2.25. The van der Waals surface area contributed by atoms with E-state index in [1.807, 2.05) is 25.3 Å². The molecule has 18 heavy (non-hydrogen) atoms. The molecular formula is C13H12FN3S. The molecule has 0 atom stereocenters. The van der Waals surface area contributed by atoms with Gasteiger partial charge in [-0.3, -0.25) is 0 Å². The van der Waals surface area contributed by atoms with Gasteiger partial charge < -0.3 is 5.32 Å². The summed E-state index contributed by atoms with van der Waals surface area (Å²) in [4.78, 5) is 4.24. The first-order valence-electron chi connectivity index (χ1n) is 5.41.